The molecule has 0 saturated heterocycles. The smallest absolute Gasteiger partial charge is 0.366 e. The maximum atomic E-state index is 7.40. The van der Waals surface area contributed by atoms with Gasteiger partial charge >= 0.3 is 89.5 Å². The molecule has 18 aromatic rings. The molecule has 0 aliphatic carbocycles. The van der Waals surface area contributed by atoms with Gasteiger partial charge in [-0.1, -0.05) is 231 Å². The van der Waals surface area contributed by atoms with E-state index in [1.807, 2.05) is 109 Å². The van der Waals surface area contributed by atoms with Crippen LogP contribution in [0.25, 0.3) is 55.0 Å². The molecule has 0 amide bonds. The van der Waals surface area contributed by atoms with Crippen LogP contribution in [0.15, 0.2) is 425 Å². The van der Waals surface area contributed by atoms with Crippen molar-refractivity contribution in [2.45, 2.75) is 0 Å². The van der Waals surface area contributed by atoms with Gasteiger partial charge in [-0.25, -0.2) is 0 Å². The fourth-order valence-electron chi connectivity index (χ4n) is 14.6. The van der Waals surface area contributed by atoms with E-state index in [1.54, 1.807) is 0 Å². The first-order valence-corrected chi connectivity index (χ1v) is 42.6. The van der Waals surface area contributed by atoms with Crippen LogP contribution in [-0.4, -0.2) is 9.13 Å². The SMILES string of the molecule is [Au+].[Au+].[Au+].[Au+].[C-]#Cc1ccc2c3ccc(C#[C-])cc3n(-c3ccccc3)c2c1.[C-]#Cc1ccc2c3ccc(C#[C-])cc3n(-c3ccccc3)c2c1.c1ccc([PH+](c2ccccc2)c2ccccc2[PH+](c2ccccc2)c2ccccc2)cc1.c1ccc([PH+](c2ccccc2)c2ccccc2[PH+](c2ccccc2)c2ccccc2)cc1. The van der Waals surface area contributed by atoms with Crippen molar-refractivity contribution in [3.05, 3.63) is 473 Å². The predicted molar refractivity (Wildman–Crippen MR) is 480 cm³/mol. The predicted octanol–water partition coefficient (Wildman–Crippen LogP) is 18.6. The Bertz CT molecular complexity index is 5440. The molecule has 10 heteroatoms. The third-order valence-electron chi connectivity index (χ3n) is 19.6. The number of nitrogens with zero attached hydrogens (tertiary/aromatic N) is 2. The van der Waals surface area contributed by atoms with Crippen molar-refractivity contribution >= 4 is 139 Å². The zero-order valence-corrected chi connectivity index (χ0v) is 74.2. The van der Waals surface area contributed by atoms with Crippen LogP contribution >= 0.6 is 31.7 Å². The standard InChI is InChI=1S/2C30H24P2.2C22H11N.4Au/c2*1-5-15-25(16-6-1)31(26-17-7-2-8-18-26)29-23-13-14-24-30(29)32(27-19-9-3-10-20-27)28-21-11-4-12-22-28;2*1-3-16-10-12-19-20-13-11-17(4-2)15-22(20)23(21(19)14-16)18-8-6-5-7-9-18;;;;/h2*1-24H;2*5-15H;;;;/q;;2*-2;4*+1/p+4. The molecule has 560 valence electrons. The average molecular weight is 2260 g/mol. The second kappa shape index (κ2) is 41.9. The normalized spacial score (nSPS) is 10.5. The molecule has 0 spiro atoms. The van der Waals surface area contributed by atoms with Crippen molar-refractivity contribution in [3.63, 3.8) is 0 Å². The number of benzene rings is 16. The average Bonchev–Trinajstić information content (AvgIpc) is 1.56. The number of fused-ring (bicyclic) bond motifs is 6. The van der Waals surface area contributed by atoms with Gasteiger partial charge < -0.3 is 34.8 Å². The molecule has 0 atom stereocenters. The number of rotatable bonds is 14. The minimum Gasteiger partial charge on any atom is -0.366 e. The van der Waals surface area contributed by atoms with E-state index in [-0.39, 0.29) is 89.5 Å². The maximum Gasteiger partial charge on any atom is 1.00 e. The van der Waals surface area contributed by atoms with E-state index in [0.29, 0.717) is 0 Å². The Balaban J connectivity index is 0.000000150. The van der Waals surface area contributed by atoms with Gasteiger partial charge in [-0.3, -0.25) is 23.7 Å². The van der Waals surface area contributed by atoms with Gasteiger partial charge in [0.2, 0.25) is 0 Å². The van der Waals surface area contributed by atoms with Gasteiger partial charge in [-0.2, -0.15) is 0 Å². The van der Waals surface area contributed by atoms with Crippen LogP contribution in [0.1, 0.15) is 22.3 Å². The van der Waals surface area contributed by atoms with Crippen LogP contribution in [0, 0.1) is 49.4 Å². The summed E-state index contributed by atoms with van der Waals surface area (Å²) in [4.78, 5) is 0. The molecule has 0 radical (unpaired) electrons. The van der Waals surface area contributed by atoms with E-state index in [2.05, 4.69) is 348 Å². The van der Waals surface area contributed by atoms with E-state index in [1.165, 1.54) is 63.7 Å². The summed E-state index contributed by atoms with van der Waals surface area (Å²) in [6.45, 7) is 0. The maximum absolute atomic E-state index is 7.40. The van der Waals surface area contributed by atoms with Crippen molar-refractivity contribution in [1.82, 2.24) is 9.13 Å². The summed E-state index contributed by atoms with van der Waals surface area (Å²) in [7, 11) is -4.56. The van der Waals surface area contributed by atoms with Crippen LogP contribution in [0.2, 0.25) is 0 Å². The zero-order chi connectivity index (χ0) is 74.8. The summed E-state index contributed by atoms with van der Waals surface area (Å²) < 4.78 is 4.32. The third-order valence-corrected chi connectivity index (χ3v) is 31.3. The van der Waals surface area contributed by atoms with E-state index in [9.17, 15) is 0 Å². The number of para-hydroxylation sites is 2. The van der Waals surface area contributed by atoms with Crippen molar-refractivity contribution in [2.24, 2.45) is 0 Å². The van der Waals surface area contributed by atoms with Gasteiger partial charge in [0.15, 0.2) is 0 Å². The van der Waals surface area contributed by atoms with Crippen molar-refractivity contribution in [1.29, 1.82) is 0 Å². The summed E-state index contributed by atoms with van der Waals surface area (Å²) in [5.41, 5.74) is 9.22. The largest absolute Gasteiger partial charge is 1.00 e. The molecular formula is C104H74Au4N2P4+4. The number of aromatic nitrogens is 2. The molecule has 0 aliphatic rings. The Morgan fingerprint density at radius 2 is 0.325 bits per heavy atom. The Hall–Kier alpha value is -9.96. The molecule has 0 bridgehead atoms. The van der Waals surface area contributed by atoms with Crippen LogP contribution in [0.4, 0.5) is 0 Å². The molecule has 0 N–H and O–H groups in total. The summed E-state index contributed by atoms with van der Waals surface area (Å²) in [5, 5.41) is 21.9. The first-order valence-electron chi connectivity index (χ1n) is 36.6. The van der Waals surface area contributed by atoms with Crippen LogP contribution in [0.5, 0.6) is 0 Å². The van der Waals surface area contributed by atoms with Crippen LogP contribution < -0.4 is 63.7 Å². The molecule has 2 aromatic heterocycles. The van der Waals surface area contributed by atoms with Crippen LogP contribution in [0.3, 0.4) is 0 Å². The van der Waals surface area contributed by atoms with E-state index >= 15 is 0 Å². The first-order chi connectivity index (χ1) is 54.5. The molecule has 0 aliphatic heterocycles. The van der Waals surface area contributed by atoms with E-state index in [4.69, 9.17) is 25.7 Å². The molecule has 114 heavy (non-hydrogen) atoms. The second-order valence-corrected chi connectivity index (χ2v) is 36.1. The Morgan fingerprint density at radius 1 is 0.175 bits per heavy atom. The van der Waals surface area contributed by atoms with Crippen molar-refractivity contribution in [3.8, 4) is 35.1 Å². The summed E-state index contributed by atoms with van der Waals surface area (Å²) in [6.07, 6.45) is 29.6. The summed E-state index contributed by atoms with van der Waals surface area (Å²) in [6, 6.07) is 151. The Morgan fingerprint density at radius 3 is 0.482 bits per heavy atom. The van der Waals surface area contributed by atoms with Gasteiger partial charge in [-0.15, -0.1) is 70.8 Å². The van der Waals surface area contributed by atoms with Gasteiger partial charge in [0.25, 0.3) is 0 Å². The number of hydrogen-bond acceptors (Lipinski definition) is 0. The topological polar surface area (TPSA) is 9.86 Å². The Kier molecular flexibility index (Phi) is 31.2. The number of hydrogen-bond donors (Lipinski definition) is 0. The second-order valence-electron chi connectivity index (χ2n) is 26.3. The molecule has 0 fully saturated rings. The minimum absolute atomic E-state index is 0. The quantitative estimate of drug-likeness (QED) is 0.0444. The van der Waals surface area contributed by atoms with Gasteiger partial charge in [0.05, 0.1) is 0 Å². The fourth-order valence-corrected chi connectivity index (χ4v) is 26.6. The molecule has 18 rings (SSSR count). The van der Waals surface area contributed by atoms with Crippen LogP contribution in [-0.2, 0) is 89.5 Å². The van der Waals surface area contributed by atoms with Gasteiger partial charge in [0.1, 0.15) is 95.3 Å². The molecule has 2 heterocycles. The zero-order valence-electron chi connectivity index (χ0n) is 61.5. The Labute approximate surface area is 737 Å². The van der Waals surface area contributed by atoms with Crippen molar-refractivity contribution in [2.75, 3.05) is 0 Å². The molecule has 16 aromatic carbocycles. The first kappa shape index (κ1) is 84.9. The fraction of sp³-hybridized carbons (Fsp3) is 0. The molecule has 0 unspecified atom stereocenters. The summed E-state index contributed by atoms with van der Waals surface area (Å²) >= 11 is 0. The van der Waals surface area contributed by atoms with Gasteiger partial charge in [0, 0.05) is 55.0 Å². The van der Waals surface area contributed by atoms with E-state index < -0.39 is 31.7 Å². The minimum atomic E-state index is -1.14. The molecular weight excluding hydrogens is 2190 g/mol. The third kappa shape index (κ3) is 19.3. The molecule has 2 nitrogen and oxygen atoms in total. The van der Waals surface area contributed by atoms with Crippen molar-refractivity contribution < 1.29 is 89.5 Å². The summed E-state index contributed by atoms with van der Waals surface area (Å²) in [5.74, 6) is 9.84. The van der Waals surface area contributed by atoms with E-state index in [0.717, 1.165) is 77.2 Å². The molecule has 0 saturated carbocycles. The van der Waals surface area contributed by atoms with Gasteiger partial charge in [-0.05, 0) is 146 Å². The monoisotopic (exact) mass is 2260 g/mol.